The molecule has 1 aliphatic rings. The summed E-state index contributed by atoms with van der Waals surface area (Å²) >= 11 is 0. The number of benzene rings is 1. The van der Waals surface area contributed by atoms with Crippen LogP contribution in [0.1, 0.15) is 5.56 Å². The number of hydrogen-bond donors (Lipinski definition) is 0. The average molecular weight is 389 g/mol. The van der Waals surface area contributed by atoms with Gasteiger partial charge in [0, 0.05) is 56.2 Å². The van der Waals surface area contributed by atoms with Crippen molar-refractivity contribution < 1.29 is 9.15 Å². The Morgan fingerprint density at radius 3 is 2.79 bits per heavy atom. The van der Waals surface area contributed by atoms with Gasteiger partial charge in [0.1, 0.15) is 5.75 Å². The van der Waals surface area contributed by atoms with Crippen molar-refractivity contribution in [2.75, 3.05) is 38.2 Å². The van der Waals surface area contributed by atoms with Crippen molar-refractivity contribution in [3.63, 3.8) is 0 Å². The molecule has 0 N–H and O–H groups in total. The molecule has 0 saturated carbocycles. The lowest BCUT2D eigenvalue weighted by molar-refractivity contribution is 0.249. The van der Waals surface area contributed by atoms with Gasteiger partial charge < -0.3 is 14.1 Å². The predicted molar refractivity (Wildman–Crippen MR) is 111 cm³/mol. The van der Waals surface area contributed by atoms with E-state index in [1.807, 2.05) is 49.1 Å². The van der Waals surface area contributed by atoms with Crippen molar-refractivity contribution >= 4 is 11.5 Å². The molecule has 7 nitrogen and oxygen atoms in total. The molecule has 0 bridgehead atoms. The topological polar surface area (TPSA) is 59.0 Å². The van der Waals surface area contributed by atoms with E-state index in [1.165, 1.54) is 5.56 Å². The highest BCUT2D eigenvalue weighted by Gasteiger charge is 2.21. The molecule has 0 radical (unpaired) electrons. The minimum absolute atomic E-state index is 0.834. The lowest BCUT2D eigenvalue weighted by Gasteiger charge is -2.35. The molecule has 0 aliphatic carbocycles. The summed E-state index contributed by atoms with van der Waals surface area (Å²) in [6.07, 6.45) is 9.28. The van der Waals surface area contributed by atoms with E-state index in [0.717, 1.165) is 61.2 Å². The first-order valence-electron chi connectivity index (χ1n) is 9.77. The monoisotopic (exact) mass is 389 g/mol. The van der Waals surface area contributed by atoms with Gasteiger partial charge in [-0.3, -0.25) is 9.30 Å². The summed E-state index contributed by atoms with van der Waals surface area (Å²) in [6, 6.07) is 10.1. The number of methoxy groups -OCH3 is 1. The molecule has 7 heteroatoms. The smallest absolute Gasteiger partial charge is 0.180 e. The number of aromatic nitrogens is 3. The van der Waals surface area contributed by atoms with Crippen LogP contribution in [0.4, 0.5) is 5.82 Å². The number of hydrogen-bond acceptors (Lipinski definition) is 6. The molecular formula is C22H23N5O2. The van der Waals surface area contributed by atoms with Gasteiger partial charge in [-0.15, -0.1) is 0 Å². The number of piperazine rings is 1. The number of rotatable bonds is 5. The van der Waals surface area contributed by atoms with Crippen molar-refractivity contribution in [3.8, 4) is 17.0 Å². The maximum atomic E-state index is 5.37. The number of anilines is 1. The van der Waals surface area contributed by atoms with Crippen LogP contribution in [0.15, 0.2) is 65.9 Å². The number of furan rings is 1. The number of imidazole rings is 1. The van der Waals surface area contributed by atoms with E-state index in [1.54, 1.807) is 13.4 Å². The highest BCUT2D eigenvalue weighted by atomic mass is 16.5. The molecule has 1 fully saturated rings. The third-order valence-electron chi connectivity index (χ3n) is 5.43. The summed E-state index contributed by atoms with van der Waals surface area (Å²) in [5.41, 5.74) is 4.20. The molecule has 4 heterocycles. The van der Waals surface area contributed by atoms with E-state index < -0.39 is 0 Å². The van der Waals surface area contributed by atoms with E-state index in [-0.39, 0.29) is 0 Å². The van der Waals surface area contributed by atoms with Crippen LogP contribution in [0.2, 0.25) is 0 Å². The second-order valence-corrected chi connectivity index (χ2v) is 7.21. The molecule has 4 aromatic rings. The zero-order chi connectivity index (χ0) is 19.6. The molecule has 1 aromatic carbocycles. The van der Waals surface area contributed by atoms with Gasteiger partial charge in [-0.05, 0) is 18.2 Å². The van der Waals surface area contributed by atoms with E-state index in [2.05, 4.69) is 25.3 Å². The van der Waals surface area contributed by atoms with Gasteiger partial charge in [-0.1, -0.05) is 12.1 Å². The first-order valence-corrected chi connectivity index (χ1v) is 9.77. The van der Waals surface area contributed by atoms with E-state index >= 15 is 0 Å². The maximum Gasteiger partial charge on any atom is 0.180 e. The first-order chi connectivity index (χ1) is 14.3. The van der Waals surface area contributed by atoms with E-state index in [9.17, 15) is 0 Å². The minimum Gasteiger partial charge on any atom is -0.497 e. The van der Waals surface area contributed by atoms with Crippen LogP contribution in [0, 0.1) is 0 Å². The van der Waals surface area contributed by atoms with Crippen LogP contribution in [-0.2, 0) is 6.54 Å². The highest BCUT2D eigenvalue weighted by molar-refractivity contribution is 5.72. The van der Waals surface area contributed by atoms with Gasteiger partial charge in [0.25, 0.3) is 0 Å². The Labute approximate surface area is 169 Å². The molecule has 0 amide bonds. The normalized spacial score (nSPS) is 15.1. The number of nitrogens with zero attached hydrogens (tertiary/aromatic N) is 5. The third-order valence-corrected chi connectivity index (χ3v) is 5.43. The Balaban J connectivity index is 1.38. The summed E-state index contributed by atoms with van der Waals surface area (Å²) in [4.78, 5) is 14.1. The Hall–Kier alpha value is -3.32. The quantitative estimate of drug-likeness (QED) is 0.522. The second kappa shape index (κ2) is 7.60. The van der Waals surface area contributed by atoms with Crippen LogP contribution in [0.5, 0.6) is 5.75 Å². The van der Waals surface area contributed by atoms with Gasteiger partial charge in [-0.2, -0.15) is 0 Å². The molecule has 3 aromatic heterocycles. The van der Waals surface area contributed by atoms with Crippen molar-refractivity contribution in [2.24, 2.45) is 0 Å². The van der Waals surface area contributed by atoms with Gasteiger partial charge in [0.15, 0.2) is 11.5 Å². The molecule has 29 heavy (non-hydrogen) atoms. The van der Waals surface area contributed by atoms with Crippen LogP contribution >= 0.6 is 0 Å². The zero-order valence-corrected chi connectivity index (χ0v) is 16.4. The molecular weight excluding hydrogens is 366 g/mol. The fourth-order valence-electron chi connectivity index (χ4n) is 3.88. The van der Waals surface area contributed by atoms with E-state index in [4.69, 9.17) is 14.1 Å². The Morgan fingerprint density at radius 1 is 1.10 bits per heavy atom. The van der Waals surface area contributed by atoms with Crippen molar-refractivity contribution in [2.45, 2.75) is 6.54 Å². The molecule has 0 atom stereocenters. The Bertz CT molecular complexity index is 1100. The zero-order valence-electron chi connectivity index (χ0n) is 16.4. The van der Waals surface area contributed by atoms with Crippen LogP contribution < -0.4 is 9.64 Å². The lowest BCUT2D eigenvalue weighted by Crippen LogP contribution is -2.46. The fraction of sp³-hybridized carbons (Fsp3) is 0.273. The molecule has 0 spiro atoms. The predicted octanol–water partition coefficient (Wildman–Crippen LogP) is 3.32. The Kier molecular flexibility index (Phi) is 4.65. The molecule has 5 rings (SSSR count). The highest BCUT2D eigenvalue weighted by Crippen LogP contribution is 2.28. The fourth-order valence-corrected chi connectivity index (χ4v) is 3.88. The second-order valence-electron chi connectivity index (χ2n) is 7.21. The van der Waals surface area contributed by atoms with Gasteiger partial charge in [0.05, 0.1) is 31.5 Å². The van der Waals surface area contributed by atoms with Gasteiger partial charge in [-0.25, -0.2) is 9.97 Å². The number of fused-ring (bicyclic) bond motifs is 1. The Morgan fingerprint density at radius 2 is 2.00 bits per heavy atom. The van der Waals surface area contributed by atoms with Crippen molar-refractivity contribution in [1.82, 2.24) is 19.3 Å². The largest absolute Gasteiger partial charge is 0.497 e. The molecule has 148 valence electrons. The summed E-state index contributed by atoms with van der Waals surface area (Å²) in [6.45, 7) is 4.73. The van der Waals surface area contributed by atoms with E-state index in [0.29, 0.717) is 0 Å². The average Bonchev–Trinajstić information content (AvgIpc) is 3.44. The first kappa shape index (κ1) is 17.8. The molecule has 1 aliphatic heterocycles. The molecule has 1 saturated heterocycles. The summed E-state index contributed by atoms with van der Waals surface area (Å²) in [5.74, 6) is 1.77. The van der Waals surface area contributed by atoms with Crippen LogP contribution in [0.3, 0.4) is 0 Å². The third kappa shape index (κ3) is 3.45. The van der Waals surface area contributed by atoms with Gasteiger partial charge in [0.2, 0.25) is 0 Å². The standard InChI is InChI=1S/C22H23N5O2/c1-28-19-4-2-3-18(13-19)20-14-24-22-21(23-6-7-27(20)22)26-10-8-25(9-11-26)15-17-5-12-29-16-17/h2-7,12-14,16H,8-11,15H2,1H3. The maximum absolute atomic E-state index is 5.37. The SMILES string of the molecule is COc1cccc(-c2cnc3c(N4CCN(Cc5ccoc5)CC4)nccn23)c1. The number of ether oxygens (including phenoxy) is 1. The summed E-state index contributed by atoms with van der Waals surface area (Å²) < 4.78 is 12.7. The summed E-state index contributed by atoms with van der Waals surface area (Å²) in [7, 11) is 1.68. The van der Waals surface area contributed by atoms with Crippen LogP contribution in [-0.4, -0.2) is 52.6 Å². The van der Waals surface area contributed by atoms with Crippen molar-refractivity contribution in [1.29, 1.82) is 0 Å². The summed E-state index contributed by atoms with van der Waals surface area (Å²) in [5, 5.41) is 0. The van der Waals surface area contributed by atoms with Crippen molar-refractivity contribution in [3.05, 3.63) is 67.0 Å². The molecule has 0 unspecified atom stereocenters. The lowest BCUT2D eigenvalue weighted by atomic mass is 10.1. The van der Waals surface area contributed by atoms with Crippen LogP contribution in [0.25, 0.3) is 16.9 Å². The minimum atomic E-state index is 0.834. The van der Waals surface area contributed by atoms with Gasteiger partial charge >= 0.3 is 0 Å².